The molecule has 0 unspecified atom stereocenters. The zero-order valence-corrected chi connectivity index (χ0v) is 20.2. The van der Waals surface area contributed by atoms with Crippen LogP contribution < -0.4 is 10.6 Å². The van der Waals surface area contributed by atoms with Crippen LogP contribution in [0.1, 0.15) is 34.0 Å². The molecular formula is C25H26N4O5S. The minimum Gasteiger partial charge on any atom is -0.477 e. The molecule has 1 heterocycles. The third kappa shape index (κ3) is 5.32. The van der Waals surface area contributed by atoms with Gasteiger partial charge in [-0.25, -0.2) is 9.59 Å². The molecule has 0 aliphatic heterocycles. The van der Waals surface area contributed by atoms with E-state index >= 15 is 0 Å². The van der Waals surface area contributed by atoms with Gasteiger partial charge in [0, 0.05) is 19.0 Å². The van der Waals surface area contributed by atoms with E-state index in [9.17, 15) is 19.5 Å². The fourth-order valence-corrected chi connectivity index (χ4v) is 4.70. The summed E-state index contributed by atoms with van der Waals surface area (Å²) in [5.74, 6) is -1.02. The number of aryl methyl sites for hydroxylation is 1. The fraction of sp³-hybridized carbons (Fsp3) is 0.280. The molecule has 2 amide bonds. The maximum atomic E-state index is 12.8. The van der Waals surface area contributed by atoms with Gasteiger partial charge in [-0.15, -0.1) is 0 Å². The molecule has 9 nitrogen and oxygen atoms in total. The SMILES string of the molecule is CSCC[C@@H](NC(=O)OCC1c2ccccc2-c2ccccc21)C(=O)Nc1cc(C(=O)O)n(C)n1. The van der Waals surface area contributed by atoms with Crippen molar-refractivity contribution in [3.8, 4) is 11.1 Å². The van der Waals surface area contributed by atoms with Gasteiger partial charge in [-0.05, 0) is 40.7 Å². The summed E-state index contributed by atoms with van der Waals surface area (Å²) in [5.41, 5.74) is 4.39. The molecule has 1 aliphatic rings. The van der Waals surface area contributed by atoms with E-state index in [1.165, 1.54) is 24.9 Å². The number of fused-ring (bicyclic) bond motifs is 3. The van der Waals surface area contributed by atoms with Gasteiger partial charge in [0.05, 0.1) is 0 Å². The van der Waals surface area contributed by atoms with Crippen LogP contribution in [0.2, 0.25) is 0 Å². The molecule has 1 aromatic heterocycles. The Bertz CT molecular complexity index is 1210. The Morgan fingerprint density at radius 1 is 1.11 bits per heavy atom. The van der Waals surface area contributed by atoms with E-state index in [1.807, 2.05) is 42.7 Å². The zero-order valence-electron chi connectivity index (χ0n) is 19.4. The summed E-state index contributed by atoms with van der Waals surface area (Å²) in [6.07, 6.45) is 1.58. The smallest absolute Gasteiger partial charge is 0.407 e. The van der Waals surface area contributed by atoms with Crippen LogP contribution in [0.15, 0.2) is 54.6 Å². The Kier molecular flexibility index (Phi) is 7.40. The summed E-state index contributed by atoms with van der Waals surface area (Å²) in [5, 5.41) is 18.4. The maximum absolute atomic E-state index is 12.8. The fourth-order valence-electron chi connectivity index (χ4n) is 4.23. The number of carbonyl (C=O) groups excluding carboxylic acids is 2. The van der Waals surface area contributed by atoms with E-state index in [1.54, 1.807) is 0 Å². The molecule has 1 aliphatic carbocycles. The van der Waals surface area contributed by atoms with Crippen LogP contribution in [0.4, 0.5) is 10.6 Å². The highest BCUT2D eigenvalue weighted by molar-refractivity contribution is 7.98. The number of aromatic carboxylic acids is 1. The first-order valence-corrected chi connectivity index (χ1v) is 12.5. The lowest BCUT2D eigenvalue weighted by Gasteiger charge is -2.19. The Hall–Kier alpha value is -3.79. The summed E-state index contributed by atoms with van der Waals surface area (Å²) in [6.45, 7) is 0.138. The largest absolute Gasteiger partial charge is 0.477 e. The molecule has 10 heteroatoms. The van der Waals surface area contributed by atoms with Gasteiger partial charge in [-0.1, -0.05) is 48.5 Å². The Morgan fingerprint density at radius 3 is 2.31 bits per heavy atom. The lowest BCUT2D eigenvalue weighted by molar-refractivity contribution is -0.118. The van der Waals surface area contributed by atoms with Crippen molar-refractivity contribution in [3.05, 3.63) is 71.4 Å². The summed E-state index contributed by atoms with van der Waals surface area (Å²) in [4.78, 5) is 36.8. The second-order valence-corrected chi connectivity index (χ2v) is 9.12. The molecular weight excluding hydrogens is 468 g/mol. The van der Waals surface area contributed by atoms with Crippen molar-refractivity contribution in [1.29, 1.82) is 0 Å². The first kappa shape index (κ1) is 24.3. The number of hydrogen-bond donors (Lipinski definition) is 3. The van der Waals surface area contributed by atoms with Crippen molar-refractivity contribution in [2.75, 3.05) is 23.9 Å². The van der Waals surface area contributed by atoms with E-state index in [2.05, 4.69) is 27.9 Å². The van der Waals surface area contributed by atoms with Crippen LogP contribution in [-0.2, 0) is 16.6 Å². The number of anilines is 1. The number of aromatic nitrogens is 2. The molecule has 2 aromatic carbocycles. The van der Waals surface area contributed by atoms with Crippen molar-refractivity contribution in [1.82, 2.24) is 15.1 Å². The van der Waals surface area contributed by atoms with Gasteiger partial charge >= 0.3 is 12.1 Å². The predicted molar refractivity (Wildman–Crippen MR) is 134 cm³/mol. The minimum atomic E-state index is -1.16. The highest BCUT2D eigenvalue weighted by Gasteiger charge is 2.30. The first-order valence-electron chi connectivity index (χ1n) is 11.1. The summed E-state index contributed by atoms with van der Waals surface area (Å²) in [6, 6.07) is 16.5. The Morgan fingerprint density at radius 2 is 1.74 bits per heavy atom. The van der Waals surface area contributed by atoms with Crippen molar-refractivity contribution in [2.45, 2.75) is 18.4 Å². The van der Waals surface area contributed by atoms with Gasteiger partial charge < -0.3 is 20.5 Å². The number of benzene rings is 2. The number of alkyl carbamates (subject to hydrolysis) is 1. The number of amides is 2. The number of carbonyl (C=O) groups is 3. The molecule has 1 atom stereocenters. The van der Waals surface area contributed by atoms with Crippen molar-refractivity contribution >= 4 is 35.5 Å². The Labute approximate surface area is 206 Å². The number of hydrogen-bond acceptors (Lipinski definition) is 6. The van der Waals surface area contributed by atoms with Crippen molar-refractivity contribution < 1.29 is 24.2 Å². The van der Waals surface area contributed by atoms with Crippen LogP contribution in [0.3, 0.4) is 0 Å². The summed E-state index contributed by atoms with van der Waals surface area (Å²) < 4.78 is 6.73. The van der Waals surface area contributed by atoms with Gasteiger partial charge in [0.2, 0.25) is 5.91 Å². The molecule has 182 valence electrons. The number of rotatable bonds is 9. The van der Waals surface area contributed by atoms with E-state index in [0.29, 0.717) is 12.2 Å². The Balaban J connectivity index is 1.41. The average Bonchev–Trinajstić information content (AvgIpc) is 3.37. The lowest BCUT2D eigenvalue weighted by Crippen LogP contribution is -2.44. The molecule has 0 spiro atoms. The van der Waals surface area contributed by atoms with E-state index in [4.69, 9.17) is 4.74 Å². The zero-order chi connectivity index (χ0) is 24.9. The van der Waals surface area contributed by atoms with E-state index in [0.717, 1.165) is 26.9 Å². The summed E-state index contributed by atoms with van der Waals surface area (Å²) in [7, 11) is 1.47. The second kappa shape index (κ2) is 10.6. The van der Waals surface area contributed by atoms with E-state index in [-0.39, 0.29) is 24.0 Å². The molecule has 3 aromatic rings. The maximum Gasteiger partial charge on any atom is 0.407 e. The monoisotopic (exact) mass is 494 g/mol. The summed E-state index contributed by atoms with van der Waals surface area (Å²) >= 11 is 1.54. The lowest BCUT2D eigenvalue weighted by atomic mass is 9.98. The number of nitrogens with zero attached hydrogens (tertiary/aromatic N) is 2. The van der Waals surface area contributed by atoms with Crippen LogP contribution in [0, 0.1) is 0 Å². The second-order valence-electron chi connectivity index (χ2n) is 8.14. The van der Waals surface area contributed by atoms with Crippen molar-refractivity contribution in [2.24, 2.45) is 7.05 Å². The van der Waals surface area contributed by atoms with Gasteiger partial charge in [0.15, 0.2) is 5.82 Å². The molecule has 0 saturated carbocycles. The van der Waals surface area contributed by atoms with Gasteiger partial charge in [-0.3, -0.25) is 9.48 Å². The molecule has 4 rings (SSSR count). The molecule has 35 heavy (non-hydrogen) atoms. The van der Waals surface area contributed by atoms with Gasteiger partial charge in [-0.2, -0.15) is 16.9 Å². The van der Waals surface area contributed by atoms with Gasteiger partial charge in [0.25, 0.3) is 0 Å². The van der Waals surface area contributed by atoms with Crippen LogP contribution in [0.5, 0.6) is 0 Å². The predicted octanol–water partition coefficient (Wildman–Crippen LogP) is 3.72. The highest BCUT2D eigenvalue weighted by atomic mass is 32.2. The van der Waals surface area contributed by atoms with Crippen molar-refractivity contribution in [3.63, 3.8) is 0 Å². The van der Waals surface area contributed by atoms with Crippen LogP contribution in [0.25, 0.3) is 11.1 Å². The van der Waals surface area contributed by atoms with Crippen LogP contribution >= 0.6 is 11.8 Å². The number of carboxylic acid groups (broad SMARTS) is 1. The van der Waals surface area contributed by atoms with Crippen LogP contribution in [-0.4, -0.2) is 57.5 Å². The number of nitrogens with one attached hydrogen (secondary N) is 2. The third-order valence-corrected chi connectivity index (χ3v) is 6.56. The third-order valence-electron chi connectivity index (χ3n) is 5.91. The first-order chi connectivity index (χ1) is 16.9. The molecule has 0 radical (unpaired) electrons. The quantitative estimate of drug-likeness (QED) is 0.414. The topological polar surface area (TPSA) is 123 Å². The molecule has 3 N–H and O–H groups in total. The van der Waals surface area contributed by atoms with Gasteiger partial charge in [0.1, 0.15) is 18.3 Å². The molecule has 0 bridgehead atoms. The molecule has 0 fully saturated rings. The minimum absolute atomic E-state index is 0.0644. The number of ether oxygens (including phenoxy) is 1. The normalized spacial score (nSPS) is 13.0. The number of carboxylic acids is 1. The number of thioether (sulfide) groups is 1. The highest BCUT2D eigenvalue weighted by Crippen LogP contribution is 2.44. The molecule has 0 saturated heterocycles. The average molecular weight is 495 g/mol. The van der Waals surface area contributed by atoms with E-state index < -0.39 is 24.0 Å². The standard InChI is InChI=1S/C25H26N4O5S/c1-29-21(24(31)32)13-22(28-29)27-23(30)20(11-12-35-2)26-25(33)34-14-19-17-9-5-3-7-15(17)16-8-4-6-10-18(16)19/h3-10,13,19-20H,11-12,14H2,1-2H3,(H,26,33)(H,31,32)(H,27,28,30)/t20-/m1/s1.